The van der Waals surface area contributed by atoms with E-state index in [0.29, 0.717) is 0 Å². The second-order valence-corrected chi connectivity index (χ2v) is 6.23. The first-order valence-electron chi connectivity index (χ1n) is 5.18. The fraction of sp³-hybridized carbons (Fsp3) is 0.889. The van der Waals surface area contributed by atoms with Crippen LogP contribution in [0.15, 0.2) is 0 Å². The topological polar surface area (TPSA) is 108 Å². The molecule has 1 N–H and O–H groups in total. The van der Waals surface area contributed by atoms with Gasteiger partial charge >= 0.3 is 5.97 Å². The van der Waals surface area contributed by atoms with Crippen molar-refractivity contribution >= 4 is 16.1 Å². The molecular weight excluding hydrogens is 268 g/mol. The largest absolute Gasteiger partial charge is 0.424 e. The average Bonchev–Trinajstić information content (AvgIpc) is 2.61. The highest BCUT2D eigenvalue weighted by Gasteiger charge is 2.66. The maximum atomic E-state index is 11.6. The maximum absolute atomic E-state index is 11.6. The van der Waals surface area contributed by atoms with E-state index in [1.165, 1.54) is 0 Å². The summed E-state index contributed by atoms with van der Waals surface area (Å²) >= 11 is 0. The number of carbonyl (C=O) groups excluding carboxylic acids is 1. The molecule has 0 aromatic rings. The van der Waals surface area contributed by atoms with E-state index in [1.54, 1.807) is 13.8 Å². The van der Waals surface area contributed by atoms with E-state index >= 15 is 0 Å². The van der Waals surface area contributed by atoms with Crippen molar-refractivity contribution in [3.05, 3.63) is 0 Å². The molecule has 0 spiro atoms. The van der Waals surface area contributed by atoms with Crippen LogP contribution in [0.25, 0.3) is 0 Å². The summed E-state index contributed by atoms with van der Waals surface area (Å²) in [6, 6.07) is 0. The average molecular weight is 282 g/mol. The van der Waals surface area contributed by atoms with Crippen LogP contribution < -0.4 is 0 Å². The van der Waals surface area contributed by atoms with Crippen LogP contribution in [0.5, 0.6) is 0 Å². The van der Waals surface area contributed by atoms with Crippen molar-refractivity contribution in [1.82, 2.24) is 0 Å². The minimum absolute atomic E-state index is 0.784. The number of cyclic esters (lactones) is 1. The minimum atomic E-state index is -3.95. The Balaban J connectivity index is 2.35. The van der Waals surface area contributed by atoms with Crippen molar-refractivity contribution in [3.63, 3.8) is 0 Å². The number of rotatable bonds is 3. The molecule has 9 heteroatoms. The van der Waals surface area contributed by atoms with Crippen molar-refractivity contribution < 1.29 is 36.7 Å². The molecule has 0 bridgehead atoms. The first-order chi connectivity index (χ1) is 8.09. The first-order valence-corrected chi connectivity index (χ1v) is 7.00. The van der Waals surface area contributed by atoms with Gasteiger partial charge in [-0.25, -0.2) is 8.98 Å². The number of aliphatic hydroxyl groups excluding tert-OH is 1. The SMILES string of the molecule is CC1(C)O[C@@H]2C(=O)O[C@](CO)(OS(C)(=O)=O)[C@@H]2O1. The third-order valence-electron chi connectivity index (χ3n) is 2.55. The molecule has 2 saturated heterocycles. The molecule has 0 amide bonds. The van der Waals surface area contributed by atoms with Gasteiger partial charge in [0.2, 0.25) is 0 Å². The van der Waals surface area contributed by atoms with Gasteiger partial charge in [-0.15, -0.1) is 0 Å². The van der Waals surface area contributed by atoms with Crippen LogP contribution >= 0.6 is 0 Å². The quantitative estimate of drug-likeness (QED) is 0.504. The summed E-state index contributed by atoms with van der Waals surface area (Å²) in [5.41, 5.74) is 0. The monoisotopic (exact) mass is 282 g/mol. The molecular formula is C9H14O8S. The van der Waals surface area contributed by atoms with Gasteiger partial charge in [0.1, 0.15) is 6.61 Å². The second-order valence-electron chi connectivity index (χ2n) is 4.66. The first kappa shape index (κ1) is 13.7. The molecule has 0 aromatic heterocycles. The Kier molecular flexibility index (Phi) is 2.95. The fourth-order valence-electron chi connectivity index (χ4n) is 2.01. The second kappa shape index (κ2) is 3.87. The number of esters is 1. The lowest BCUT2D eigenvalue weighted by molar-refractivity contribution is -0.251. The van der Waals surface area contributed by atoms with Crippen LogP contribution in [0, 0.1) is 0 Å². The Hall–Kier alpha value is -0.740. The van der Waals surface area contributed by atoms with Gasteiger partial charge in [-0.2, -0.15) is 8.42 Å². The van der Waals surface area contributed by atoms with Gasteiger partial charge in [-0.3, -0.25) is 0 Å². The highest BCUT2D eigenvalue weighted by Crippen LogP contribution is 2.42. The summed E-state index contributed by atoms with van der Waals surface area (Å²) in [6.45, 7) is 2.26. The Morgan fingerprint density at radius 2 is 2.00 bits per heavy atom. The van der Waals surface area contributed by atoms with E-state index < -0.39 is 46.5 Å². The Bertz CT molecular complexity index is 469. The molecule has 2 aliphatic heterocycles. The van der Waals surface area contributed by atoms with Crippen LogP contribution in [0.3, 0.4) is 0 Å². The molecule has 18 heavy (non-hydrogen) atoms. The number of hydrogen-bond acceptors (Lipinski definition) is 8. The van der Waals surface area contributed by atoms with Gasteiger partial charge in [0, 0.05) is 0 Å². The van der Waals surface area contributed by atoms with E-state index in [4.69, 9.17) is 14.2 Å². The molecule has 0 aromatic carbocycles. The minimum Gasteiger partial charge on any atom is -0.424 e. The van der Waals surface area contributed by atoms with Crippen molar-refractivity contribution in [2.75, 3.05) is 12.9 Å². The molecule has 0 radical (unpaired) electrons. The van der Waals surface area contributed by atoms with Crippen LogP contribution in [0.1, 0.15) is 13.8 Å². The van der Waals surface area contributed by atoms with E-state index in [0.717, 1.165) is 6.26 Å². The van der Waals surface area contributed by atoms with Crippen LogP contribution in [0.4, 0.5) is 0 Å². The van der Waals surface area contributed by atoms with Gasteiger partial charge < -0.3 is 19.3 Å². The summed E-state index contributed by atoms with van der Waals surface area (Å²) in [5.74, 6) is -4.00. The highest BCUT2D eigenvalue weighted by molar-refractivity contribution is 7.86. The summed E-state index contributed by atoms with van der Waals surface area (Å²) in [5, 5.41) is 9.31. The van der Waals surface area contributed by atoms with Gasteiger partial charge in [0.05, 0.1) is 6.26 Å². The van der Waals surface area contributed by atoms with Crippen LogP contribution in [0.2, 0.25) is 0 Å². The molecule has 8 nitrogen and oxygen atoms in total. The van der Waals surface area contributed by atoms with E-state index in [2.05, 4.69) is 4.18 Å². The van der Waals surface area contributed by atoms with E-state index in [1.807, 2.05) is 0 Å². The van der Waals surface area contributed by atoms with Crippen LogP contribution in [-0.4, -0.2) is 56.1 Å². The zero-order chi connectivity index (χ0) is 13.8. The molecule has 0 unspecified atom stereocenters. The lowest BCUT2D eigenvalue weighted by atomic mass is 10.1. The van der Waals surface area contributed by atoms with Crippen LogP contribution in [-0.2, 0) is 33.3 Å². The van der Waals surface area contributed by atoms with Crippen molar-refractivity contribution in [3.8, 4) is 0 Å². The zero-order valence-electron chi connectivity index (χ0n) is 10.1. The van der Waals surface area contributed by atoms with E-state index in [9.17, 15) is 18.3 Å². The fourth-order valence-corrected chi connectivity index (χ4v) is 2.70. The number of ether oxygens (including phenoxy) is 3. The molecule has 3 atom stereocenters. The standard InChI is InChI=1S/C9H14O8S/c1-8(2)14-5-6(15-8)9(4-10,16-7(5)11)17-18(3,12)13/h5-6,10H,4H2,1-3H3/t5-,6+,9+/m0/s1. The van der Waals surface area contributed by atoms with Gasteiger partial charge in [0.25, 0.3) is 15.9 Å². The normalized spacial score (nSPS) is 38.6. The van der Waals surface area contributed by atoms with E-state index in [-0.39, 0.29) is 0 Å². The molecule has 2 heterocycles. The number of fused-ring (bicyclic) bond motifs is 1. The van der Waals surface area contributed by atoms with Gasteiger partial charge in [-0.1, -0.05) is 0 Å². The summed E-state index contributed by atoms with van der Waals surface area (Å²) in [7, 11) is -3.95. The number of aliphatic hydroxyl groups is 1. The number of carbonyl (C=O) groups is 1. The summed E-state index contributed by atoms with van der Waals surface area (Å²) in [4.78, 5) is 11.6. The predicted octanol–water partition coefficient (Wildman–Crippen LogP) is -1.27. The third kappa shape index (κ3) is 2.24. The number of hydrogen-bond donors (Lipinski definition) is 1. The van der Waals surface area contributed by atoms with Gasteiger partial charge in [0.15, 0.2) is 18.0 Å². The molecule has 0 saturated carbocycles. The Morgan fingerprint density at radius 3 is 2.50 bits per heavy atom. The molecule has 2 rings (SSSR count). The van der Waals surface area contributed by atoms with Crippen molar-refractivity contribution in [2.24, 2.45) is 0 Å². The maximum Gasteiger partial charge on any atom is 0.341 e. The molecule has 0 aliphatic carbocycles. The van der Waals surface area contributed by atoms with Crippen molar-refractivity contribution in [2.45, 2.75) is 37.6 Å². The highest BCUT2D eigenvalue weighted by atomic mass is 32.2. The molecule has 104 valence electrons. The Morgan fingerprint density at radius 1 is 1.39 bits per heavy atom. The Labute approximate surface area is 104 Å². The zero-order valence-corrected chi connectivity index (χ0v) is 10.9. The summed E-state index contributed by atoms with van der Waals surface area (Å²) in [6.07, 6.45) is -1.47. The smallest absolute Gasteiger partial charge is 0.341 e. The predicted molar refractivity (Wildman–Crippen MR) is 55.7 cm³/mol. The lowest BCUT2D eigenvalue weighted by Gasteiger charge is -2.29. The third-order valence-corrected chi connectivity index (χ3v) is 3.13. The summed E-state index contributed by atoms with van der Waals surface area (Å²) < 4.78 is 42.5. The lowest BCUT2D eigenvalue weighted by Crippen LogP contribution is -2.49. The van der Waals surface area contributed by atoms with Crippen molar-refractivity contribution in [1.29, 1.82) is 0 Å². The molecule has 2 fully saturated rings. The molecule has 2 aliphatic rings. The van der Waals surface area contributed by atoms with Gasteiger partial charge in [-0.05, 0) is 13.8 Å².